The van der Waals surface area contributed by atoms with E-state index in [2.05, 4.69) is 20.6 Å². The molecule has 0 unspecified atom stereocenters. The summed E-state index contributed by atoms with van der Waals surface area (Å²) in [6.45, 7) is 2.70. The van der Waals surface area contributed by atoms with Gasteiger partial charge in [-0.2, -0.15) is 0 Å². The predicted octanol–water partition coefficient (Wildman–Crippen LogP) is 3.38. The predicted molar refractivity (Wildman–Crippen MR) is 112 cm³/mol. The van der Waals surface area contributed by atoms with Crippen molar-refractivity contribution >= 4 is 16.9 Å². The quantitative estimate of drug-likeness (QED) is 0.457. The van der Waals surface area contributed by atoms with E-state index >= 15 is 0 Å². The first-order chi connectivity index (χ1) is 14.2. The van der Waals surface area contributed by atoms with Crippen LogP contribution in [0.5, 0.6) is 11.5 Å². The smallest absolute Gasteiger partial charge is 0.191 e. The molecule has 1 aromatic heterocycles. The molecule has 2 aromatic carbocycles. The van der Waals surface area contributed by atoms with Gasteiger partial charge in [-0.3, -0.25) is 4.99 Å². The molecule has 0 saturated heterocycles. The van der Waals surface area contributed by atoms with Gasteiger partial charge in [-0.1, -0.05) is 6.07 Å². The molecule has 1 aliphatic rings. The molecular weight excluding hydrogens is 371 g/mol. The minimum absolute atomic E-state index is 0.233. The van der Waals surface area contributed by atoms with Gasteiger partial charge in [0, 0.05) is 43.7 Å². The molecule has 7 heteroatoms. The van der Waals surface area contributed by atoms with Gasteiger partial charge in [0.05, 0.1) is 13.2 Å². The summed E-state index contributed by atoms with van der Waals surface area (Å²) in [6.07, 6.45) is 3.63. The zero-order chi connectivity index (χ0) is 20.1. The van der Waals surface area contributed by atoms with Crippen molar-refractivity contribution in [1.82, 2.24) is 15.6 Å². The summed E-state index contributed by atoms with van der Waals surface area (Å²) >= 11 is 0. The second-order valence-corrected chi connectivity index (χ2v) is 6.94. The molecule has 1 aliphatic heterocycles. The van der Waals surface area contributed by atoms with Crippen LogP contribution in [0.2, 0.25) is 0 Å². The van der Waals surface area contributed by atoms with E-state index < -0.39 is 0 Å². The van der Waals surface area contributed by atoms with E-state index in [0.29, 0.717) is 26.3 Å². The maximum Gasteiger partial charge on any atom is 0.191 e. The summed E-state index contributed by atoms with van der Waals surface area (Å²) in [7, 11) is 1.75. The SMILES string of the molecule is CN=C(NCCc1c[nH]c2cc(F)ccc12)NCc1ccc2c(c1)OCCCO2. The van der Waals surface area contributed by atoms with Gasteiger partial charge in [-0.05, 0) is 47.9 Å². The number of guanidine groups is 1. The number of rotatable bonds is 5. The maximum absolute atomic E-state index is 13.3. The summed E-state index contributed by atoms with van der Waals surface area (Å²) in [5.74, 6) is 2.08. The Morgan fingerprint density at radius 1 is 1.10 bits per heavy atom. The van der Waals surface area contributed by atoms with Crippen molar-refractivity contribution in [2.45, 2.75) is 19.4 Å². The summed E-state index contributed by atoms with van der Waals surface area (Å²) in [5.41, 5.74) is 3.05. The molecule has 6 nitrogen and oxygen atoms in total. The number of aromatic nitrogens is 1. The van der Waals surface area contributed by atoms with E-state index in [4.69, 9.17) is 9.47 Å². The third kappa shape index (κ3) is 4.62. The molecule has 0 atom stereocenters. The lowest BCUT2D eigenvalue weighted by molar-refractivity contribution is 0.297. The van der Waals surface area contributed by atoms with Crippen LogP contribution in [0.25, 0.3) is 10.9 Å². The highest BCUT2D eigenvalue weighted by Gasteiger charge is 2.11. The van der Waals surface area contributed by atoms with E-state index in [1.165, 1.54) is 12.1 Å². The van der Waals surface area contributed by atoms with Gasteiger partial charge in [-0.25, -0.2) is 4.39 Å². The molecule has 4 rings (SSSR count). The number of halogens is 1. The molecule has 0 fully saturated rings. The van der Waals surface area contributed by atoms with Crippen molar-refractivity contribution in [3.05, 3.63) is 59.5 Å². The van der Waals surface area contributed by atoms with Gasteiger partial charge < -0.3 is 25.1 Å². The number of hydrogen-bond donors (Lipinski definition) is 3. The Morgan fingerprint density at radius 3 is 2.83 bits per heavy atom. The van der Waals surface area contributed by atoms with Gasteiger partial charge in [0.2, 0.25) is 0 Å². The van der Waals surface area contributed by atoms with Gasteiger partial charge >= 0.3 is 0 Å². The number of benzene rings is 2. The number of aliphatic imine (C=N–C) groups is 1. The molecule has 152 valence electrons. The van der Waals surface area contributed by atoms with Crippen molar-refractivity contribution in [1.29, 1.82) is 0 Å². The Kier molecular flexibility index (Phi) is 5.84. The van der Waals surface area contributed by atoms with Gasteiger partial charge in [0.15, 0.2) is 17.5 Å². The Labute approximate surface area is 169 Å². The number of ether oxygens (including phenoxy) is 2. The second-order valence-electron chi connectivity index (χ2n) is 6.94. The molecule has 3 aromatic rings. The third-order valence-electron chi connectivity index (χ3n) is 4.91. The molecule has 3 N–H and O–H groups in total. The first kappa shape index (κ1) is 19.1. The van der Waals surface area contributed by atoms with E-state index in [9.17, 15) is 4.39 Å². The lowest BCUT2D eigenvalue weighted by atomic mass is 10.1. The first-order valence-corrected chi connectivity index (χ1v) is 9.81. The summed E-state index contributed by atoms with van der Waals surface area (Å²) in [5, 5.41) is 7.68. The van der Waals surface area contributed by atoms with E-state index in [1.54, 1.807) is 7.05 Å². The molecule has 0 saturated carbocycles. The largest absolute Gasteiger partial charge is 0.490 e. The molecule has 2 heterocycles. The van der Waals surface area contributed by atoms with Crippen LogP contribution in [0.3, 0.4) is 0 Å². The Hall–Kier alpha value is -3.22. The fraction of sp³-hybridized carbons (Fsp3) is 0.318. The third-order valence-corrected chi connectivity index (χ3v) is 4.91. The zero-order valence-electron chi connectivity index (χ0n) is 16.4. The van der Waals surface area contributed by atoms with Crippen molar-refractivity contribution < 1.29 is 13.9 Å². The number of fused-ring (bicyclic) bond motifs is 2. The zero-order valence-corrected chi connectivity index (χ0v) is 16.4. The number of H-pyrrole nitrogens is 1. The maximum atomic E-state index is 13.3. The minimum atomic E-state index is -0.233. The van der Waals surface area contributed by atoms with Gasteiger partial charge in [-0.15, -0.1) is 0 Å². The average Bonchev–Trinajstić information content (AvgIpc) is 2.97. The topological polar surface area (TPSA) is 70.7 Å². The van der Waals surface area contributed by atoms with Crippen LogP contribution in [0, 0.1) is 5.82 Å². The molecule has 0 radical (unpaired) electrons. The second kappa shape index (κ2) is 8.86. The summed E-state index contributed by atoms with van der Waals surface area (Å²) < 4.78 is 24.7. The summed E-state index contributed by atoms with van der Waals surface area (Å²) in [6, 6.07) is 10.8. The van der Waals surface area contributed by atoms with Gasteiger partial charge in [0.1, 0.15) is 5.82 Å². The Morgan fingerprint density at radius 2 is 1.97 bits per heavy atom. The van der Waals surface area contributed by atoms with Crippen LogP contribution < -0.4 is 20.1 Å². The number of nitrogens with zero attached hydrogens (tertiary/aromatic N) is 1. The summed E-state index contributed by atoms with van der Waals surface area (Å²) in [4.78, 5) is 7.40. The van der Waals surface area contributed by atoms with Crippen molar-refractivity contribution in [2.75, 3.05) is 26.8 Å². The van der Waals surface area contributed by atoms with Gasteiger partial charge in [0.25, 0.3) is 0 Å². The average molecular weight is 396 g/mol. The molecular formula is C22H25FN4O2. The highest BCUT2D eigenvalue weighted by molar-refractivity contribution is 5.83. The fourth-order valence-corrected chi connectivity index (χ4v) is 3.40. The fourth-order valence-electron chi connectivity index (χ4n) is 3.40. The van der Waals surface area contributed by atoms with Crippen LogP contribution in [-0.2, 0) is 13.0 Å². The van der Waals surface area contributed by atoms with Crippen molar-refractivity contribution in [3.8, 4) is 11.5 Å². The number of aromatic amines is 1. The highest BCUT2D eigenvalue weighted by Crippen LogP contribution is 2.30. The lowest BCUT2D eigenvalue weighted by Gasteiger charge is -2.13. The lowest BCUT2D eigenvalue weighted by Crippen LogP contribution is -2.37. The molecule has 29 heavy (non-hydrogen) atoms. The standard InChI is InChI=1S/C22H25FN4O2/c1-24-22(25-8-7-16-14-26-19-12-17(23)4-5-18(16)19)27-13-15-3-6-20-21(11-15)29-10-2-9-28-20/h3-6,11-12,14,26H,2,7-10,13H2,1H3,(H2,24,25,27). The monoisotopic (exact) mass is 396 g/mol. The Bertz CT molecular complexity index is 1020. The molecule has 0 aliphatic carbocycles. The molecule has 0 spiro atoms. The minimum Gasteiger partial charge on any atom is -0.490 e. The number of nitrogens with one attached hydrogen (secondary N) is 3. The van der Waals surface area contributed by atoms with Crippen molar-refractivity contribution in [3.63, 3.8) is 0 Å². The van der Waals surface area contributed by atoms with Crippen molar-refractivity contribution in [2.24, 2.45) is 4.99 Å². The van der Waals surface area contributed by atoms with Crippen LogP contribution in [-0.4, -0.2) is 37.7 Å². The number of hydrogen-bond acceptors (Lipinski definition) is 3. The van der Waals surface area contributed by atoms with E-state index in [-0.39, 0.29) is 5.82 Å². The van der Waals surface area contributed by atoms with Crippen LogP contribution in [0.15, 0.2) is 47.6 Å². The van der Waals surface area contributed by atoms with Crippen LogP contribution in [0.4, 0.5) is 4.39 Å². The van der Waals surface area contributed by atoms with Crippen LogP contribution in [0.1, 0.15) is 17.5 Å². The Balaban J connectivity index is 1.30. The normalized spacial score (nSPS) is 13.9. The van der Waals surface area contributed by atoms with Crippen LogP contribution >= 0.6 is 0 Å². The highest BCUT2D eigenvalue weighted by atomic mass is 19.1. The molecule has 0 amide bonds. The molecule has 0 bridgehead atoms. The first-order valence-electron chi connectivity index (χ1n) is 9.81. The van der Waals surface area contributed by atoms with E-state index in [0.717, 1.165) is 52.3 Å². The van der Waals surface area contributed by atoms with E-state index in [1.807, 2.05) is 30.5 Å².